The van der Waals surface area contributed by atoms with Crippen molar-refractivity contribution in [2.24, 2.45) is 0 Å². The van der Waals surface area contributed by atoms with Crippen LogP contribution >= 0.6 is 56.1 Å². The molecule has 0 atom stereocenters. The Hall–Kier alpha value is -0.225. The van der Waals surface area contributed by atoms with Crippen molar-refractivity contribution < 1.29 is 4.79 Å². The number of halogens is 2. The molecule has 1 saturated carbocycles. The van der Waals surface area contributed by atoms with Gasteiger partial charge in [0.25, 0.3) is 0 Å². The molecule has 4 nitrogen and oxygen atoms in total. The van der Waals surface area contributed by atoms with Crippen LogP contribution in [0, 0.1) is 0 Å². The molecule has 1 aliphatic rings. The molecule has 22 heavy (non-hydrogen) atoms. The maximum absolute atomic E-state index is 12.9. The van der Waals surface area contributed by atoms with E-state index < -0.39 is 5.41 Å². The van der Waals surface area contributed by atoms with Crippen molar-refractivity contribution in [3.8, 4) is 0 Å². The standard InChI is InChI=1S/C14H14BI2N3OS/c16-15(17)12-19-20-13(22-12)18-11(21)14(8-4-5-9-14)10-6-2-1-3-7-10/h1-3,6-7H,4-5,8-9H2,(H,18,20,21). The predicted octanol–water partition coefficient (Wildman–Crippen LogP) is 3.55. The van der Waals surface area contributed by atoms with Gasteiger partial charge < -0.3 is 0 Å². The second kappa shape index (κ2) is 7.12. The summed E-state index contributed by atoms with van der Waals surface area (Å²) in [6.07, 6.45) is 3.98. The van der Waals surface area contributed by atoms with Gasteiger partial charge in [0.1, 0.15) is 4.91 Å². The molecule has 0 saturated heterocycles. The van der Waals surface area contributed by atoms with Gasteiger partial charge in [0.05, 0.1) is 5.41 Å². The second-order valence-electron chi connectivity index (χ2n) is 5.36. The molecule has 3 rings (SSSR count). The lowest BCUT2D eigenvalue weighted by Crippen LogP contribution is -2.37. The molecule has 2 aromatic rings. The summed E-state index contributed by atoms with van der Waals surface area (Å²) in [6, 6.07) is 10.1. The fourth-order valence-electron chi connectivity index (χ4n) is 2.97. The van der Waals surface area contributed by atoms with Gasteiger partial charge in [0.15, 0.2) is 0 Å². The molecule has 1 amide bonds. The molecule has 1 N–H and O–H groups in total. The average molecular weight is 537 g/mol. The summed E-state index contributed by atoms with van der Waals surface area (Å²) in [7, 11) is 0. The molecule has 1 aromatic heterocycles. The maximum atomic E-state index is 12.9. The van der Waals surface area contributed by atoms with Crippen molar-refractivity contribution in [3.63, 3.8) is 0 Å². The van der Waals surface area contributed by atoms with Crippen LogP contribution in [0.25, 0.3) is 0 Å². The van der Waals surface area contributed by atoms with E-state index in [0.717, 1.165) is 36.2 Å². The number of nitrogens with zero attached hydrogens (tertiary/aromatic N) is 2. The molecular weight excluding hydrogens is 523 g/mol. The van der Waals surface area contributed by atoms with Gasteiger partial charge in [-0.3, -0.25) is 10.1 Å². The van der Waals surface area contributed by atoms with Crippen LogP contribution in [0.1, 0.15) is 31.2 Å². The molecule has 0 bridgehead atoms. The summed E-state index contributed by atoms with van der Waals surface area (Å²) in [4.78, 5) is 13.9. The van der Waals surface area contributed by atoms with Gasteiger partial charge >= 0.3 is 2.43 Å². The molecular formula is C14H14BI2N3OS. The number of carbonyl (C=O) groups is 1. The molecule has 114 valence electrons. The van der Waals surface area contributed by atoms with E-state index in [0.29, 0.717) is 5.13 Å². The SMILES string of the molecule is O=C(Nc1nnc(B(I)I)s1)C1(c2ccccc2)CCCC1. The number of benzene rings is 1. The lowest BCUT2D eigenvalue weighted by atomic mass is 9.78. The molecule has 0 radical (unpaired) electrons. The first kappa shape index (κ1) is 16.6. The number of amides is 1. The van der Waals surface area contributed by atoms with E-state index in [-0.39, 0.29) is 8.33 Å². The van der Waals surface area contributed by atoms with E-state index in [1.165, 1.54) is 11.3 Å². The lowest BCUT2D eigenvalue weighted by molar-refractivity contribution is -0.121. The van der Waals surface area contributed by atoms with Crippen molar-refractivity contribution in [2.75, 3.05) is 5.32 Å². The fraction of sp³-hybridized carbons (Fsp3) is 0.357. The third-order valence-electron chi connectivity index (χ3n) is 4.07. The van der Waals surface area contributed by atoms with Crippen LogP contribution in [0.3, 0.4) is 0 Å². The third kappa shape index (κ3) is 3.33. The zero-order chi connectivity index (χ0) is 15.6. The van der Waals surface area contributed by atoms with Crippen LogP contribution in [0.2, 0.25) is 0 Å². The Bertz CT molecular complexity index is 659. The Morgan fingerprint density at radius 3 is 2.45 bits per heavy atom. The van der Waals surface area contributed by atoms with Crippen LogP contribution in [-0.4, -0.2) is 18.5 Å². The molecule has 1 fully saturated rings. The van der Waals surface area contributed by atoms with Crippen LogP contribution in [0.4, 0.5) is 5.13 Å². The second-order valence-corrected chi connectivity index (χ2v) is 11.2. The van der Waals surface area contributed by atoms with Crippen LogP contribution in [0.15, 0.2) is 30.3 Å². The Morgan fingerprint density at radius 2 is 1.86 bits per heavy atom. The summed E-state index contributed by atoms with van der Waals surface area (Å²) in [5.41, 5.74) is 0.691. The highest BCUT2D eigenvalue weighted by Gasteiger charge is 2.42. The third-order valence-corrected chi connectivity index (χ3v) is 6.99. The van der Waals surface area contributed by atoms with Crippen molar-refractivity contribution in [3.05, 3.63) is 35.9 Å². The van der Waals surface area contributed by atoms with Crippen LogP contribution in [0.5, 0.6) is 0 Å². The van der Waals surface area contributed by atoms with E-state index >= 15 is 0 Å². The van der Waals surface area contributed by atoms with Crippen molar-refractivity contribution >= 4 is 74.5 Å². The van der Waals surface area contributed by atoms with E-state index in [4.69, 9.17) is 0 Å². The van der Waals surface area contributed by atoms with Gasteiger partial charge in [-0.25, -0.2) is 0 Å². The number of hydrogen-bond donors (Lipinski definition) is 1. The molecule has 0 unspecified atom stereocenters. The molecule has 1 heterocycles. The maximum Gasteiger partial charge on any atom is 0.355 e. The molecule has 0 aliphatic heterocycles. The van der Waals surface area contributed by atoms with Crippen LogP contribution < -0.4 is 10.2 Å². The monoisotopic (exact) mass is 537 g/mol. The smallest absolute Gasteiger partial charge is 0.300 e. The number of carbonyl (C=O) groups excluding carboxylic acids is 1. The number of aromatic nitrogens is 2. The Morgan fingerprint density at radius 1 is 1.18 bits per heavy atom. The number of anilines is 1. The Kier molecular flexibility index (Phi) is 5.38. The minimum Gasteiger partial charge on any atom is -0.300 e. The highest BCUT2D eigenvalue weighted by atomic mass is 127. The molecule has 8 heteroatoms. The highest BCUT2D eigenvalue weighted by Crippen LogP contribution is 2.42. The van der Waals surface area contributed by atoms with Crippen molar-refractivity contribution in [1.82, 2.24) is 10.2 Å². The minimum atomic E-state index is -0.416. The van der Waals surface area contributed by atoms with Crippen molar-refractivity contribution in [1.29, 1.82) is 0 Å². The van der Waals surface area contributed by atoms with Gasteiger partial charge in [0.2, 0.25) is 11.0 Å². The number of hydrogen-bond acceptors (Lipinski definition) is 4. The van der Waals surface area contributed by atoms with Gasteiger partial charge in [-0.1, -0.05) is 54.5 Å². The van der Waals surface area contributed by atoms with E-state index in [1.807, 2.05) is 18.2 Å². The summed E-state index contributed by atoms with van der Waals surface area (Å²) >= 11 is 6.03. The first-order valence-corrected chi connectivity index (χ1v) is 10.4. The fourth-order valence-corrected chi connectivity index (χ4v) is 4.58. The van der Waals surface area contributed by atoms with E-state index in [2.05, 4.69) is 72.4 Å². The summed E-state index contributed by atoms with van der Waals surface area (Å²) in [6.45, 7) is 0. The van der Waals surface area contributed by atoms with Gasteiger partial charge in [0, 0.05) is 0 Å². The quantitative estimate of drug-likeness (QED) is 0.480. The van der Waals surface area contributed by atoms with Gasteiger partial charge in [-0.05, 0) is 18.4 Å². The predicted molar refractivity (Wildman–Crippen MR) is 109 cm³/mol. The first-order chi connectivity index (χ1) is 10.6. The number of nitrogens with one attached hydrogen (secondary N) is 1. The summed E-state index contributed by atoms with van der Waals surface area (Å²) in [5, 5.41) is 11.8. The van der Waals surface area contributed by atoms with Gasteiger partial charge in [-0.2, -0.15) is 0 Å². The highest BCUT2D eigenvalue weighted by molar-refractivity contribution is 14.3. The summed E-state index contributed by atoms with van der Waals surface area (Å²) < 4.78 is 0.271. The molecule has 1 aliphatic carbocycles. The first-order valence-electron chi connectivity index (χ1n) is 7.10. The van der Waals surface area contributed by atoms with E-state index in [9.17, 15) is 4.79 Å². The Labute approximate surface area is 160 Å². The Balaban J connectivity index is 1.84. The zero-order valence-corrected chi connectivity index (χ0v) is 16.9. The molecule has 0 spiro atoms. The average Bonchev–Trinajstić information content (AvgIpc) is 3.18. The molecule has 1 aromatic carbocycles. The largest absolute Gasteiger partial charge is 0.355 e. The van der Waals surface area contributed by atoms with Gasteiger partial charge in [-0.15, -0.1) is 54.9 Å². The zero-order valence-electron chi connectivity index (χ0n) is 11.8. The minimum absolute atomic E-state index is 0.0531. The normalized spacial score (nSPS) is 16.5. The van der Waals surface area contributed by atoms with Crippen LogP contribution in [-0.2, 0) is 10.2 Å². The van der Waals surface area contributed by atoms with Crippen molar-refractivity contribution in [2.45, 2.75) is 31.1 Å². The lowest BCUT2D eigenvalue weighted by Gasteiger charge is -2.27. The summed E-state index contributed by atoms with van der Waals surface area (Å²) in [5.74, 6) is 0.0531. The van der Waals surface area contributed by atoms with E-state index in [1.54, 1.807) is 0 Å². The topological polar surface area (TPSA) is 54.9 Å². The number of rotatable bonds is 4.